The smallest absolute Gasteiger partial charge is 0.132 e. The molecule has 0 saturated heterocycles. The van der Waals surface area contributed by atoms with E-state index in [1.165, 1.54) is 12.1 Å². The van der Waals surface area contributed by atoms with Crippen LogP contribution in [0, 0.1) is 18.6 Å². The van der Waals surface area contributed by atoms with Crippen LogP contribution in [-0.2, 0) is 0 Å². The number of aromatic carboxylic acids is 1. The largest absolute Gasteiger partial charge is 0.545 e. The van der Waals surface area contributed by atoms with Crippen molar-refractivity contribution in [3.05, 3.63) is 59.2 Å². The molecule has 0 heterocycles. The topological polar surface area (TPSA) is 40.1 Å². The Hall–Kier alpha value is -2.23. The Kier molecular flexibility index (Phi) is 3.10. The molecule has 4 heteroatoms. The molecule has 0 N–H and O–H groups in total. The molecule has 2 rings (SSSR count). The first kappa shape index (κ1) is 12.2. The summed E-state index contributed by atoms with van der Waals surface area (Å²) in [6, 6.07) is 7.87. The summed E-state index contributed by atoms with van der Waals surface area (Å²) in [4.78, 5) is 10.6. The number of aryl methyl sites for hydroxylation is 1. The molecule has 2 aromatic rings. The number of carbonyl (C=O) groups excluding carboxylic acids is 1. The standard InChI is InChI=1S/C14H10F2O2/c1-8-2-5-12(15)11(6-8)9-3-4-10(14(17)18)13(16)7-9/h2-7H,1H3,(H,17,18)/p-1. The zero-order valence-electron chi connectivity index (χ0n) is 9.54. The fourth-order valence-electron chi connectivity index (χ4n) is 1.71. The van der Waals surface area contributed by atoms with Crippen molar-refractivity contribution in [1.29, 1.82) is 0 Å². The maximum atomic E-state index is 13.6. The van der Waals surface area contributed by atoms with Crippen LogP contribution in [0.1, 0.15) is 15.9 Å². The second-order valence-corrected chi connectivity index (χ2v) is 3.97. The lowest BCUT2D eigenvalue weighted by molar-refractivity contribution is -0.255. The number of halogens is 2. The van der Waals surface area contributed by atoms with Crippen molar-refractivity contribution in [1.82, 2.24) is 0 Å². The van der Waals surface area contributed by atoms with E-state index in [9.17, 15) is 18.7 Å². The van der Waals surface area contributed by atoms with Crippen LogP contribution in [0.25, 0.3) is 11.1 Å². The van der Waals surface area contributed by atoms with Crippen LogP contribution in [0.3, 0.4) is 0 Å². The zero-order chi connectivity index (χ0) is 13.3. The molecule has 0 aliphatic carbocycles. The molecule has 0 atom stereocenters. The van der Waals surface area contributed by atoms with E-state index >= 15 is 0 Å². The van der Waals surface area contributed by atoms with Crippen LogP contribution in [0.15, 0.2) is 36.4 Å². The van der Waals surface area contributed by atoms with Gasteiger partial charge in [-0.3, -0.25) is 0 Å². The van der Waals surface area contributed by atoms with Crippen LogP contribution in [0.2, 0.25) is 0 Å². The van der Waals surface area contributed by atoms with Crippen molar-refractivity contribution in [3.63, 3.8) is 0 Å². The Morgan fingerprint density at radius 1 is 1.06 bits per heavy atom. The number of benzene rings is 2. The van der Waals surface area contributed by atoms with Gasteiger partial charge in [0.05, 0.1) is 5.97 Å². The first-order valence-corrected chi connectivity index (χ1v) is 5.26. The second-order valence-electron chi connectivity index (χ2n) is 3.97. The van der Waals surface area contributed by atoms with E-state index in [0.29, 0.717) is 5.56 Å². The van der Waals surface area contributed by atoms with Crippen LogP contribution in [0.4, 0.5) is 8.78 Å². The normalized spacial score (nSPS) is 10.4. The van der Waals surface area contributed by atoms with E-state index in [-0.39, 0.29) is 5.56 Å². The molecule has 0 aromatic heterocycles. The Balaban J connectivity index is 2.55. The highest BCUT2D eigenvalue weighted by atomic mass is 19.1. The molecule has 2 aromatic carbocycles. The van der Waals surface area contributed by atoms with Gasteiger partial charge in [0, 0.05) is 11.1 Å². The Morgan fingerprint density at radius 3 is 2.39 bits per heavy atom. The number of carboxylic acids is 1. The average Bonchev–Trinajstić information content (AvgIpc) is 2.31. The van der Waals surface area contributed by atoms with Crippen molar-refractivity contribution in [2.45, 2.75) is 6.92 Å². The number of hydrogen-bond acceptors (Lipinski definition) is 2. The van der Waals surface area contributed by atoms with Gasteiger partial charge >= 0.3 is 0 Å². The highest BCUT2D eigenvalue weighted by molar-refractivity contribution is 5.87. The average molecular weight is 247 g/mol. The summed E-state index contributed by atoms with van der Waals surface area (Å²) < 4.78 is 27.1. The number of carbonyl (C=O) groups is 1. The SMILES string of the molecule is Cc1ccc(F)c(-c2ccc(C(=O)[O-])c(F)c2)c1. The van der Waals surface area contributed by atoms with Gasteiger partial charge in [-0.1, -0.05) is 17.7 Å². The van der Waals surface area contributed by atoms with Gasteiger partial charge in [0.15, 0.2) is 0 Å². The van der Waals surface area contributed by atoms with Gasteiger partial charge in [-0.25, -0.2) is 8.78 Å². The van der Waals surface area contributed by atoms with Gasteiger partial charge in [0.2, 0.25) is 0 Å². The fraction of sp³-hybridized carbons (Fsp3) is 0.0714. The van der Waals surface area contributed by atoms with E-state index in [0.717, 1.165) is 17.7 Å². The highest BCUT2D eigenvalue weighted by Gasteiger charge is 2.09. The summed E-state index contributed by atoms with van der Waals surface area (Å²) in [5.41, 5.74) is 0.820. The first-order valence-electron chi connectivity index (χ1n) is 5.26. The van der Waals surface area contributed by atoms with Crippen LogP contribution in [0.5, 0.6) is 0 Å². The molecule has 0 saturated carbocycles. The molecule has 18 heavy (non-hydrogen) atoms. The van der Waals surface area contributed by atoms with E-state index in [1.54, 1.807) is 19.1 Å². The Morgan fingerprint density at radius 2 is 1.78 bits per heavy atom. The fourth-order valence-corrected chi connectivity index (χ4v) is 1.71. The lowest BCUT2D eigenvalue weighted by Crippen LogP contribution is -2.23. The van der Waals surface area contributed by atoms with Crippen molar-refractivity contribution in [2.24, 2.45) is 0 Å². The molecule has 0 unspecified atom stereocenters. The number of carboxylic acid groups (broad SMARTS) is 1. The third-order valence-corrected chi connectivity index (χ3v) is 2.62. The minimum atomic E-state index is -1.59. The van der Waals surface area contributed by atoms with Gasteiger partial charge in [-0.15, -0.1) is 0 Å². The summed E-state index contributed by atoms with van der Waals surface area (Å²) in [5.74, 6) is -3.02. The van der Waals surface area contributed by atoms with Gasteiger partial charge in [0.1, 0.15) is 11.6 Å². The zero-order valence-corrected chi connectivity index (χ0v) is 9.54. The summed E-state index contributed by atoms with van der Waals surface area (Å²) in [5, 5.41) is 10.6. The van der Waals surface area contributed by atoms with Crippen molar-refractivity contribution in [3.8, 4) is 11.1 Å². The monoisotopic (exact) mass is 247 g/mol. The Labute approximate surface area is 103 Å². The third-order valence-electron chi connectivity index (χ3n) is 2.62. The lowest BCUT2D eigenvalue weighted by atomic mass is 10.0. The third kappa shape index (κ3) is 2.22. The van der Waals surface area contributed by atoms with E-state index in [1.807, 2.05) is 0 Å². The van der Waals surface area contributed by atoms with Crippen LogP contribution >= 0.6 is 0 Å². The van der Waals surface area contributed by atoms with Crippen molar-refractivity contribution in [2.75, 3.05) is 0 Å². The summed E-state index contributed by atoms with van der Waals surface area (Å²) in [6.07, 6.45) is 0. The number of hydrogen-bond donors (Lipinski definition) is 0. The molecular weight excluding hydrogens is 238 g/mol. The molecule has 0 amide bonds. The van der Waals surface area contributed by atoms with Gasteiger partial charge < -0.3 is 9.90 Å². The molecular formula is C14H9F2O2-. The highest BCUT2D eigenvalue weighted by Crippen LogP contribution is 2.25. The van der Waals surface area contributed by atoms with Crippen molar-refractivity contribution >= 4 is 5.97 Å². The molecule has 0 aliphatic heterocycles. The minimum Gasteiger partial charge on any atom is -0.545 e. The second kappa shape index (κ2) is 4.56. The predicted octanol–water partition coefficient (Wildman–Crippen LogP) is 2.30. The van der Waals surface area contributed by atoms with E-state index in [4.69, 9.17) is 0 Å². The first-order chi connectivity index (χ1) is 8.49. The number of rotatable bonds is 2. The van der Waals surface area contributed by atoms with E-state index in [2.05, 4.69) is 0 Å². The van der Waals surface area contributed by atoms with Gasteiger partial charge in [-0.05, 0) is 36.8 Å². The van der Waals surface area contributed by atoms with Crippen LogP contribution < -0.4 is 5.11 Å². The molecule has 0 bridgehead atoms. The molecule has 2 nitrogen and oxygen atoms in total. The maximum Gasteiger partial charge on any atom is 0.132 e. The molecule has 92 valence electrons. The summed E-state index contributed by atoms with van der Waals surface area (Å²) >= 11 is 0. The minimum absolute atomic E-state index is 0.235. The molecule has 0 spiro atoms. The molecule has 0 aliphatic rings. The predicted molar refractivity (Wildman–Crippen MR) is 60.9 cm³/mol. The van der Waals surface area contributed by atoms with Gasteiger partial charge in [-0.2, -0.15) is 0 Å². The maximum absolute atomic E-state index is 13.6. The van der Waals surface area contributed by atoms with E-state index < -0.39 is 23.2 Å². The lowest BCUT2D eigenvalue weighted by Gasteiger charge is -2.08. The van der Waals surface area contributed by atoms with Crippen molar-refractivity contribution < 1.29 is 18.7 Å². The van der Waals surface area contributed by atoms with Gasteiger partial charge in [0.25, 0.3) is 0 Å². The molecule has 0 fully saturated rings. The summed E-state index contributed by atoms with van der Waals surface area (Å²) in [6.45, 7) is 1.79. The Bertz CT molecular complexity index is 621. The summed E-state index contributed by atoms with van der Waals surface area (Å²) in [7, 11) is 0. The molecule has 0 radical (unpaired) electrons. The van der Waals surface area contributed by atoms with Crippen LogP contribution in [-0.4, -0.2) is 5.97 Å². The quantitative estimate of drug-likeness (QED) is 0.817.